The monoisotopic (exact) mass is 891 g/mol. The van der Waals surface area contributed by atoms with Gasteiger partial charge in [-0.15, -0.1) is 53.6 Å². The van der Waals surface area contributed by atoms with E-state index in [0.717, 1.165) is 49.9 Å². The van der Waals surface area contributed by atoms with Crippen molar-refractivity contribution in [3.8, 4) is 33.6 Å². The van der Waals surface area contributed by atoms with Crippen molar-refractivity contribution in [2.24, 2.45) is 0 Å². The molecule has 3 aromatic heterocycles. The summed E-state index contributed by atoms with van der Waals surface area (Å²) in [5, 5.41) is 3.20. The van der Waals surface area contributed by atoms with Gasteiger partial charge >= 0.3 is 0 Å². The van der Waals surface area contributed by atoms with Crippen molar-refractivity contribution in [1.29, 1.82) is 0 Å². The molecule has 5 heteroatoms. The zero-order valence-corrected chi connectivity index (χ0v) is 33.8. The molecule has 1 radical (unpaired) electrons. The van der Waals surface area contributed by atoms with Gasteiger partial charge in [-0.2, -0.15) is 0 Å². The molecule has 5 aromatic carbocycles. The fourth-order valence-electron chi connectivity index (χ4n) is 6.27. The molecule has 0 saturated carbocycles. The fourth-order valence-corrected chi connectivity index (χ4v) is 7.86. The minimum atomic E-state index is -2.13. The molecule has 0 spiro atoms. The van der Waals surface area contributed by atoms with E-state index in [4.69, 9.17) is 12.6 Å². The van der Waals surface area contributed by atoms with Crippen LogP contribution in [-0.2, 0) is 26.5 Å². The molecule has 0 amide bonds. The quantitative estimate of drug-likeness (QED) is 0.118. The third-order valence-corrected chi connectivity index (χ3v) is 11.0. The Morgan fingerprint density at radius 1 is 0.774 bits per heavy atom. The topological polar surface area (TPSA) is 38.9 Å². The molecule has 8 aromatic rings. The van der Waals surface area contributed by atoms with E-state index in [2.05, 4.69) is 72.1 Å². The minimum Gasteiger partial charge on any atom is -0.501 e. The van der Waals surface area contributed by atoms with Crippen molar-refractivity contribution in [2.75, 3.05) is 0 Å². The summed E-state index contributed by atoms with van der Waals surface area (Å²) in [5.74, 6) is -0.716. The van der Waals surface area contributed by atoms with Gasteiger partial charge in [0, 0.05) is 46.1 Å². The maximum Gasteiger partial charge on any atom is 0.121 e. The Kier molecular flexibility index (Phi) is 9.44. The van der Waals surface area contributed by atoms with Gasteiger partial charge in [0.15, 0.2) is 0 Å². The number of hydrogen-bond donors (Lipinski definition) is 0. The van der Waals surface area contributed by atoms with Crippen molar-refractivity contribution in [3.63, 3.8) is 0 Å². The van der Waals surface area contributed by atoms with Gasteiger partial charge in [-0.1, -0.05) is 142 Å². The Hall–Kier alpha value is -4.93. The van der Waals surface area contributed by atoms with Crippen LogP contribution in [-0.4, -0.2) is 18.0 Å². The van der Waals surface area contributed by atoms with E-state index in [9.17, 15) is 0 Å². The Morgan fingerprint density at radius 2 is 1.55 bits per heavy atom. The van der Waals surface area contributed by atoms with E-state index in [1.54, 1.807) is 42.6 Å². The van der Waals surface area contributed by atoms with Gasteiger partial charge in [-0.05, 0) is 63.2 Å². The van der Waals surface area contributed by atoms with Gasteiger partial charge in [0.25, 0.3) is 0 Å². The van der Waals surface area contributed by atoms with Gasteiger partial charge in [0.05, 0.1) is 13.7 Å². The first-order valence-corrected chi connectivity index (χ1v) is 20.9. The number of pyridine rings is 2. The van der Waals surface area contributed by atoms with Crippen LogP contribution in [0.4, 0.5) is 0 Å². The molecule has 0 aliphatic carbocycles. The number of rotatable bonds is 7. The van der Waals surface area contributed by atoms with Crippen molar-refractivity contribution < 1.29 is 32.7 Å². The molecule has 53 heavy (non-hydrogen) atoms. The number of fused-ring (bicyclic) bond motifs is 3. The predicted molar refractivity (Wildman–Crippen MR) is 221 cm³/mol. The minimum absolute atomic E-state index is 0. The molecule has 0 aliphatic rings. The summed E-state index contributed by atoms with van der Waals surface area (Å²) in [7, 11) is -1.61. The molecule has 0 unspecified atom stereocenters. The molecule has 0 aliphatic heterocycles. The average molecular weight is 891 g/mol. The summed E-state index contributed by atoms with van der Waals surface area (Å²) in [5.41, 5.74) is 8.95. The zero-order valence-electron chi connectivity index (χ0n) is 36.4. The first kappa shape index (κ1) is 30.5. The summed E-state index contributed by atoms with van der Waals surface area (Å²) in [6, 6.07) is 46.2. The molecular weight excluding hydrogens is 841 g/mol. The molecule has 8 rings (SSSR count). The molecule has 267 valence electrons. The van der Waals surface area contributed by atoms with E-state index >= 15 is 0 Å². The summed E-state index contributed by atoms with van der Waals surface area (Å²) >= 11 is 0. The van der Waals surface area contributed by atoms with E-state index < -0.39 is 27.2 Å². The van der Waals surface area contributed by atoms with Crippen molar-refractivity contribution in [2.45, 2.75) is 52.6 Å². The number of hydrogen-bond acceptors (Lipinski definition) is 3. The van der Waals surface area contributed by atoms with Crippen LogP contribution in [0.5, 0.6) is 0 Å². The van der Waals surface area contributed by atoms with Crippen molar-refractivity contribution in [1.82, 2.24) is 9.97 Å². The summed E-state index contributed by atoms with van der Waals surface area (Å²) < 4.78 is 54.6. The van der Waals surface area contributed by atoms with E-state index in [1.165, 1.54) is 11.3 Å². The van der Waals surface area contributed by atoms with Crippen LogP contribution in [0.2, 0.25) is 19.6 Å². The van der Waals surface area contributed by atoms with E-state index in [-0.39, 0.29) is 25.7 Å². The van der Waals surface area contributed by atoms with Crippen LogP contribution in [0.3, 0.4) is 0 Å². The second-order valence-electron chi connectivity index (χ2n) is 14.1. The second kappa shape index (κ2) is 16.4. The Balaban J connectivity index is 0.000000208. The van der Waals surface area contributed by atoms with E-state index in [1.807, 2.05) is 74.6 Å². The first-order valence-electron chi connectivity index (χ1n) is 20.4. The number of aryl methyl sites for hydroxylation is 1. The standard InChI is InChI=1S/C30H20NO.C18H24NSi.Ir/c1-3-8-21(9-4-1)18-22-16-17-31-28(19-22)27-13-7-12-26-25-15-14-24(20-29(25)32-30(26)27)23-10-5-2-6-11-23;1-13(2)16-11-17(15-9-7-14(3)8-10-15)19-12-18(16)20(4,5)6;/h1-12,14-17,19-20H,18H2;7-9,11-13H,1-6H3;/q2*-1;/i18D2;3D3,13D;. The van der Waals surface area contributed by atoms with Crippen LogP contribution >= 0.6 is 0 Å². The third kappa shape index (κ3) is 8.66. The number of furan rings is 1. The summed E-state index contributed by atoms with van der Waals surface area (Å²) in [4.78, 5) is 9.11. The smallest absolute Gasteiger partial charge is 0.121 e. The Bertz CT molecular complexity index is 2710. The van der Waals surface area contributed by atoms with Gasteiger partial charge in [-0.3, -0.25) is 0 Å². The molecule has 0 bridgehead atoms. The number of aromatic nitrogens is 2. The normalized spacial score (nSPS) is 13.7. The van der Waals surface area contributed by atoms with Gasteiger partial charge in [0.1, 0.15) is 5.58 Å². The first-order chi connectivity index (χ1) is 27.4. The predicted octanol–water partition coefficient (Wildman–Crippen LogP) is 12.2. The third-order valence-electron chi connectivity index (χ3n) is 8.96. The SMILES string of the molecule is [2H]C([2H])([2H])c1c[c-]c(-c2cc(C([2H])(C)C)c([Si](C)(C)C)cn2)cc1.[2H]C([2H])(c1ccccc1)c1ccnc(-c2[c-]ccc3c2oc2cc(-c4ccccc4)ccc23)c1.[Ir]. The van der Waals surface area contributed by atoms with Gasteiger partial charge in [0.2, 0.25) is 0 Å². The van der Waals surface area contributed by atoms with Crippen LogP contribution in [0.15, 0.2) is 144 Å². The Labute approximate surface area is 337 Å². The largest absolute Gasteiger partial charge is 0.501 e. The Morgan fingerprint density at radius 3 is 2.25 bits per heavy atom. The van der Waals surface area contributed by atoms with Crippen LogP contribution in [0, 0.1) is 19.0 Å². The van der Waals surface area contributed by atoms with Crippen molar-refractivity contribution >= 4 is 35.2 Å². The number of nitrogens with zero attached hydrogens (tertiary/aromatic N) is 2. The number of benzene rings is 5. The molecule has 3 nitrogen and oxygen atoms in total. The molecule has 0 atom stereocenters. The fraction of sp³-hybridized carbons (Fsp3) is 0.167. The van der Waals surface area contributed by atoms with Gasteiger partial charge < -0.3 is 14.4 Å². The van der Waals surface area contributed by atoms with Crippen LogP contribution < -0.4 is 5.19 Å². The maximum atomic E-state index is 8.73. The molecule has 3 heterocycles. The average Bonchev–Trinajstić information content (AvgIpc) is 3.59. The zero-order chi connectivity index (χ0) is 41.5. The summed E-state index contributed by atoms with van der Waals surface area (Å²) in [6.07, 6.45) is 1.89. The summed E-state index contributed by atoms with van der Waals surface area (Å²) in [6.45, 7) is 8.38. The van der Waals surface area contributed by atoms with Crippen molar-refractivity contribution in [3.05, 3.63) is 174 Å². The molecule has 0 fully saturated rings. The maximum absolute atomic E-state index is 8.73. The van der Waals surface area contributed by atoms with E-state index in [0.29, 0.717) is 22.4 Å². The van der Waals surface area contributed by atoms with Crippen LogP contribution in [0.1, 0.15) is 50.2 Å². The van der Waals surface area contributed by atoms with Gasteiger partial charge in [-0.25, -0.2) is 0 Å². The molecule has 0 N–H and O–H groups in total. The molecule has 0 saturated heterocycles. The second-order valence-corrected chi connectivity index (χ2v) is 19.1. The van der Waals surface area contributed by atoms with Crippen LogP contribution in [0.25, 0.3) is 55.6 Å². The molecular formula is C48H44IrN2OSi-2.